The molecule has 0 radical (unpaired) electrons. The predicted octanol–water partition coefficient (Wildman–Crippen LogP) is 0.734. The Bertz CT molecular complexity index is 545. The van der Waals surface area contributed by atoms with Crippen LogP contribution in [0.2, 0.25) is 0 Å². The van der Waals surface area contributed by atoms with Crippen molar-refractivity contribution in [3.8, 4) is 0 Å². The Balaban J connectivity index is 1.96. The maximum absolute atomic E-state index is 12.5. The molecule has 2 rings (SSSR count). The van der Waals surface area contributed by atoms with Crippen LogP contribution in [-0.2, 0) is 10.0 Å². The minimum atomic E-state index is -3.51. The number of nitrogens with two attached hydrogens (primary N) is 1. The van der Waals surface area contributed by atoms with Crippen LogP contribution in [0.1, 0.15) is 26.7 Å². The van der Waals surface area contributed by atoms with Crippen LogP contribution in [-0.4, -0.2) is 60.5 Å². The van der Waals surface area contributed by atoms with Crippen molar-refractivity contribution in [1.82, 2.24) is 19.4 Å². The van der Waals surface area contributed by atoms with Gasteiger partial charge in [0, 0.05) is 19.6 Å². The number of piperidine rings is 1. The van der Waals surface area contributed by atoms with Gasteiger partial charge in [0.25, 0.3) is 0 Å². The van der Waals surface area contributed by atoms with Gasteiger partial charge in [0.15, 0.2) is 0 Å². The first-order chi connectivity index (χ1) is 9.98. The largest absolute Gasteiger partial charge is 0.383 e. The summed E-state index contributed by atoms with van der Waals surface area (Å²) in [6.07, 6.45) is 3.08. The fraction of sp³-hybridized carbons (Fsp3) is 0.769. The Kier molecular flexibility index (Phi) is 5.23. The number of sulfonamides is 1. The molecule has 0 unspecified atom stereocenters. The molecule has 0 amide bonds. The molecule has 120 valence electrons. The third-order valence-electron chi connectivity index (χ3n) is 4.23. The molecule has 8 heteroatoms. The van der Waals surface area contributed by atoms with E-state index in [1.54, 1.807) is 0 Å². The highest BCUT2D eigenvalue weighted by Gasteiger charge is 2.31. The van der Waals surface area contributed by atoms with Gasteiger partial charge < -0.3 is 10.6 Å². The third-order valence-corrected chi connectivity index (χ3v) is 6.16. The van der Waals surface area contributed by atoms with Crippen LogP contribution in [0, 0.1) is 5.92 Å². The maximum Gasteiger partial charge on any atom is 0.248 e. The molecule has 1 aromatic rings. The smallest absolute Gasteiger partial charge is 0.248 e. The summed E-state index contributed by atoms with van der Waals surface area (Å²) in [6, 6.07) is 0. The second-order valence-electron chi connectivity index (χ2n) is 5.48. The highest BCUT2D eigenvalue weighted by atomic mass is 32.2. The molecule has 0 spiro atoms. The number of nitrogen functional groups attached to an aromatic ring is 1. The number of H-pyrrole nitrogens is 1. The van der Waals surface area contributed by atoms with Crippen LogP contribution in [0.4, 0.5) is 5.82 Å². The van der Waals surface area contributed by atoms with E-state index in [4.69, 9.17) is 5.73 Å². The number of nitrogens with zero attached hydrogens (tertiary/aromatic N) is 3. The van der Waals surface area contributed by atoms with Gasteiger partial charge in [-0.3, -0.25) is 5.10 Å². The van der Waals surface area contributed by atoms with Crippen molar-refractivity contribution in [3.63, 3.8) is 0 Å². The number of aromatic nitrogens is 2. The monoisotopic (exact) mass is 315 g/mol. The lowest BCUT2D eigenvalue weighted by Gasteiger charge is -2.33. The highest BCUT2D eigenvalue weighted by molar-refractivity contribution is 7.89. The van der Waals surface area contributed by atoms with Gasteiger partial charge >= 0.3 is 0 Å². The summed E-state index contributed by atoms with van der Waals surface area (Å²) in [5.74, 6) is 0.679. The maximum atomic E-state index is 12.5. The van der Waals surface area contributed by atoms with Crippen molar-refractivity contribution in [2.45, 2.75) is 31.6 Å². The first-order valence-corrected chi connectivity index (χ1v) is 8.94. The Labute approximate surface area is 126 Å². The third kappa shape index (κ3) is 3.56. The Morgan fingerprint density at radius 3 is 2.48 bits per heavy atom. The summed E-state index contributed by atoms with van der Waals surface area (Å²) < 4.78 is 26.5. The average molecular weight is 315 g/mol. The number of nitrogens with one attached hydrogen (secondary N) is 1. The lowest BCUT2D eigenvalue weighted by Crippen LogP contribution is -2.41. The van der Waals surface area contributed by atoms with Crippen LogP contribution in [0.15, 0.2) is 11.1 Å². The zero-order valence-electron chi connectivity index (χ0n) is 12.7. The minimum Gasteiger partial charge on any atom is -0.383 e. The second-order valence-corrected chi connectivity index (χ2v) is 7.39. The molecule has 0 aliphatic carbocycles. The van der Waals surface area contributed by atoms with Crippen molar-refractivity contribution in [1.29, 1.82) is 0 Å². The minimum absolute atomic E-state index is 0.0877. The van der Waals surface area contributed by atoms with E-state index in [-0.39, 0.29) is 10.7 Å². The predicted molar refractivity (Wildman–Crippen MR) is 82.3 cm³/mol. The van der Waals surface area contributed by atoms with Gasteiger partial charge in [-0.25, -0.2) is 8.42 Å². The van der Waals surface area contributed by atoms with Gasteiger partial charge in [0.1, 0.15) is 10.7 Å². The van der Waals surface area contributed by atoms with Crippen LogP contribution < -0.4 is 5.73 Å². The van der Waals surface area contributed by atoms with Crippen LogP contribution in [0.25, 0.3) is 0 Å². The topological polar surface area (TPSA) is 95.3 Å². The van der Waals surface area contributed by atoms with E-state index in [0.717, 1.165) is 32.5 Å². The zero-order valence-corrected chi connectivity index (χ0v) is 13.6. The van der Waals surface area contributed by atoms with Gasteiger partial charge in [-0.05, 0) is 31.8 Å². The molecule has 3 N–H and O–H groups in total. The quantitative estimate of drug-likeness (QED) is 0.807. The molecule has 1 fully saturated rings. The second kappa shape index (κ2) is 6.76. The van der Waals surface area contributed by atoms with Crippen LogP contribution in [0.5, 0.6) is 0 Å². The van der Waals surface area contributed by atoms with Gasteiger partial charge in [-0.2, -0.15) is 9.40 Å². The number of anilines is 1. The number of aromatic amines is 1. The van der Waals surface area contributed by atoms with Crippen LogP contribution in [0.3, 0.4) is 0 Å². The molecule has 1 aliphatic heterocycles. The van der Waals surface area contributed by atoms with Crippen LogP contribution >= 0.6 is 0 Å². The van der Waals surface area contributed by atoms with Crippen molar-refractivity contribution in [2.75, 3.05) is 38.5 Å². The molecule has 1 aromatic heterocycles. The van der Waals surface area contributed by atoms with E-state index in [1.807, 2.05) is 0 Å². The molecule has 1 saturated heterocycles. The van der Waals surface area contributed by atoms with E-state index in [0.29, 0.717) is 19.0 Å². The SMILES string of the molecule is CCN(CC)CC1CCN(S(=O)(=O)c2cn[nH]c2N)CC1. The molecule has 0 bridgehead atoms. The number of hydrogen-bond donors (Lipinski definition) is 2. The van der Waals surface area contributed by atoms with E-state index in [2.05, 4.69) is 28.9 Å². The van der Waals surface area contributed by atoms with Crippen molar-refractivity contribution < 1.29 is 8.42 Å². The zero-order chi connectivity index (χ0) is 15.5. The summed E-state index contributed by atoms with van der Waals surface area (Å²) in [5.41, 5.74) is 5.63. The fourth-order valence-electron chi connectivity index (χ4n) is 2.81. The molecule has 0 atom stereocenters. The standard InChI is InChI=1S/C13H25N5O2S/c1-3-17(4-2)10-11-5-7-18(8-6-11)21(19,20)12-9-15-16-13(12)14/h9,11H,3-8,10H2,1-2H3,(H3,14,15,16). The Morgan fingerprint density at radius 1 is 1.38 bits per heavy atom. The lowest BCUT2D eigenvalue weighted by atomic mass is 9.97. The van der Waals surface area contributed by atoms with E-state index in [1.165, 1.54) is 10.5 Å². The molecule has 0 saturated carbocycles. The molecule has 7 nitrogen and oxygen atoms in total. The molecule has 2 heterocycles. The van der Waals surface area contributed by atoms with Gasteiger partial charge in [-0.15, -0.1) is 0 Å². The Hall–Kier alpha value is -1.12. The number of rotatable bonds is 6. The highest BCUT2D eigenvalue weighted by Crippen LogP contribution is 2.26. The molecular formula is C13H25N5O2S. The van der Waals surface area contributed by atoms with Gasteiger partial charge in [0.2, 0.25) is 10.0 Å². The summed E-state index contributed by atoms with van der Waals surface area (Å²) in [6.45, 7) is 8.56. The fourth-order valence-corrected chi connectivity index (χ4v) is 4.29. The average Bonchev–Trinajstić information content (AvgIpc) is 2.92. The molecule has 1 aliphatic rings. The van der Waals surface area contributed by atoms with Gasteiger partial charge in [-0.1, -0.05) is 13.8 Å². The first kappa shape index (κ1) is 16.3. The summed E-state index contributed by atoms with van der Waals surface area (Å²) in [4.78, 5) is 2.48. The normalized spacial score (nSPS) is 18.4. The summed E-state index contributed by atoms with van der Waals surface area (Å²) in [7, 11) is -3.51. The van der Waals surface area contributed by atoms with E-state index < -0.39 is 10.0 Å². The lowest BCUT2D eigenvalue weighted by molar-refractivity contribution is 0.193. The van der Waals surface area contributed by atoms with Crippen molar-refractivity contribution in [2.24, 2.45) is 5.92 Å². The molecule has 0 aromatic carbocycles. The molecular weight excluding hydrogens is 290 g/mol. The summed E-state index contributed by atoms with van der Waals surface area (Å²) in [5, 5.41) is 6.18. The molecule has 21 heavy (non-hydrogen) atoms. The van der Waals surface area contributed by atoms with Crippen molar-refractivity contribution >= 4 is 15.8 Å². The van der Waals surface area contributed by atoms with Gasteiger partial charge in [0.05, 0.1) is 6.20 Å². The van der Waals surface area contributed by atoms with E-state index in [9.17, 15) is 8.42 Å². The van der Waals surface area contributed by atoms with Crippen molar-refractivity contribution in [3.05, 3.63) is 6.20 Å². The first-order valence-electron chi connectivity index (χ1n) is 7.50. The van der Waals surface area contributed by atoms with E-state index >= 15 is 0 Å². The summed E-state index contributed by atoms with van der Waals surface area (Å²) >= 11 is 0. The Morgan fingerprint density at radius 2 is 2.00 bits per heavy atom. The number of hydrogen-bond acceptors (Lipinski definition) is 5.